The number of morpholine rings is 1. The molecule has 6 rings (SSSR count). The summed E-state index contributed by atoms with van der Waals surface area (Å²) in [6.45, 7) is 5.82. The second-order valence-electron chi connectivity index (χ2n) is 10.2. The number of aromatic nitrogens is 1. The molecule has 3 atom stereocenters. The van der Waals surface area contributed by atoms with E-state index in [4.69, 9.17) is 15.2 Å². The third-order valence-electron chi connectivity index (χ3n) is 7.30. The normalized spacial score (nSPS) is 25.7. The van der Waals surface area contributed by atoms with Crippen molar-refractivity contribution in [1.29, 1.82) is 0 Å². The minimum Gasteiger partial charge on any atom is -0.491 e. The number of thiophene rings is 1. The van der Waals surface area contributed by atoms with Gasteiger partial charge in [0.15, 0.2) is 0 Å². The number of hydrogen-bond donors (Lipinski definition) is 2. The van der Waals surface area contributed by atoms with Crippen molar-refractivity contribution in [2.24, 2.45) is 0 Å². The second-order valence-corrected chi connectivity index (χ2v) is 11.2. The number of amides is 1. The number of carbonyl (C=O) groups excluding carboxylic acids is 1. The smallest absolute Gasteiger partial charge is 0.263 e. The van der Waals surface area contributed by atoms with Crippen LogP contribution >= 0.6 is 11.3 Å². The summed E-state index contributed by atoms with van der Waals surface area (Å²) in [5.41, 5.74) is 8.65. The molecule has 1 unspecified atom stereocenters. The van der Waals surface area contributed by atoms with Crippen molar-refractivity contribution in [2.45, 2.75) is 57.3 Å². The molecule has 9 heteroatoms. The van der Waals surface area contributed by atoms with Gasteiger partial charge >= 0.3 is 0 Å². The third-order valence-corrected chi connectivity index (χ3v) is 8.42. The third kappa shape index (κ3) is 4.10. The summed E-state index contributed by atoms with van der Waals surface area (Å²) >= 11 is 1.27. The molecule has 2 aromatic heterocycles. The molecular weight excluding hydrogens is 467 g/mol. The van der Waals surface area contributed by atoms with Gasteiger partial charge in [-0.2, -0.15) is 0 Å². The summed E-state index contributed by atoms with van der Waals surface area (Å²) in [5.74, 6) is -0.0435. The minimum atomic E-state index is -0.351. The summed E-state index contributed by atoms with van der Waals surface area (Å²) in [7, 11) is 0. The van der Waals surface area contributed by atoms with Crippen molar-refractivity contribution in [1.82, 2.24) is 10.3 Å². The maximum Gasteiger partial charge on any atom is 0.263 e. The van der Waals surface area contributed by atoms with E-state index in [1.165, 1.54) is 17.8 Å². The number of benzene rings is 1. The quantitative estimate of drug-likeness (QED) is 0.565. The van der Waals surface area contributed by atoms with Crippen molar-refractivity contribution in [3.63, 3.8) is 0 Å². The molecule has 0 saturated carbocycles. The topological polar surface area (TPSA) is 89.7 Å². The van der Waals surface area contributed by atoms with E-state index in [0.717, 1.165) is 47.5 Å². The summed E-state index contributed by atoms with van der Waals surface area (Å²) < 4.78 is 27.4. The van der Waals surface area contributed by atoms with Crippen LogP contribution in [0, 0.1) is 12.7 Å². The lowest BCUT2D eigenvalue weighted by atomic mass is 9.89. The van der Waals surface area contributed by atoms with Gasteiger partial charge in [0.25, 0.3) is 5.91 Å². The van der Waals surface area contributed by atoms with Gasteiger partial charge in [0.05, 0.1) is 23.4 Å². The van der Waals surface area contributed by atoms with Gasteiger partial charge in [-0.25, -0.2) is 9.37 Å². The van der Waals surface area contributed by atoms with E-state index < -0.39 is 0 Å². The Labute approximate surface area is 207 Å². The van der Waals surface area contributed by atoms with Crippen molar-refractivity contribution in [2.75, 3.05) is 30.3 Å². The van der Waals surface area contributed by atoms with E-state index in [1.807, 2.05) is 25.1 Å². The Morgan fingerprint density at radius 3 is 3.06 bits per heavy atom. The van der Waals surface area contributed by atoms with Crippen LogP contribution in [0.2, 0.25) is 0 Å². The summed E-state index contributed by atoms with van der Waals surface area (Å²) in [5, 5.41) is 3.75. The lowest BCUT2D eigenvalue weighted by Gasteiger charge is -2.49. The number of nitrogens with one attached hydrogen (secondary N) is 1. The van der Waals surface area contributed by atoms with E-state index in [9.17, 15) is 4.79 Å². The zero-order valence-corrected chi connectivity index (χ0v) is 20.7. The van der Waals surface area contributed by atoms with E-state index in [0.29, 0.717) is 28.3 Å². The number of pyridine rings is 1. The number of fused-ring (bicyclic) bond motifs is 4. The molecule has 0 aliphatic carbocycles. The number of ether oxygens (including phenoxy) is 2. The molecule has 35 heavy (non-hydrogen) atoms. The highest BCUT2D eigenvalue weighted by molar-refractivity contribution is 7.21. The number of anilines is 2. The highest BCUT2D eigenvalue weighted by Gasteiger charge is 2.40. The average molecular weight is 497 g/mol. The summed E-state index contributed by atoms with van der Waals surface area (Å²) in [4.78, 5) is 20.8. The fraction of sp³-hybridized carbons (Fsp3) is 0.462. The lowest BCUT2D eigenvalue weighted by Crippen LogP contribution is -2.56. The molecular formula is C26H29FN4O3S. The van der Waals surface area contributed by atoms with Crippen LogP contribution in [-0.4, -0.2) is 48.3 Å². The van der Waals surface area contributed by atoms with Crippen molar-refractivity contribution < 1.29 is 18.7 Å². The molecule has 1 amide bonds. The predicted molar refractivity (Wildman–Crippen MR) is 135 cm³/mol. The first kappa shape index (κ1) is 22.5. The molecule has 7 nitrogen and oxygen atoms in total. The number of nitrogens with zero attached hydrogens (tertiary/aromatic N) is 2. The van der Waals surface area contributed by atoms with Crippen LogP contribution in [0.1, 0.15) is 47.1 Å². The molecule has 2 bridgehead atoms. The van der Waals surface area contributed by atoms with Crippen molar-refractivity contribution >= 4 is 38.8 Å². The van der Waals surface area contributed by atoms with E-state index in [2.05, 4.69) is 22.1 Å². The molecule has 184 valence electrons. The van der Waals surface area contributed by atoms with Crippen LogP contribution < -0.4 is 20.7 Å². The van der Waals surface area contributed by atoms with Gasteiger partial charge in [0.2, 0.25) is 0 Å². The fourth-order valence-electron chi connectivity index (χ4n) is 5.58. The van der Waals surface area contributed by atoms with E-state index in [1.54, 1.807) is 6.07 Å². The number of aryl methyl sites for hydroxylation is 1. The number of hydrogen-bond acceptors (Lipinski definition) is 7. The highest BCUT2D eigenvalue weighted by atomic mass is 32.1. The first-order valence-electron chi connectivity index (χ1n) is 12.1. The first-order valence-corrected chi connectivity index (χ1v) is 12.9. The Kier molecular flexibility index (Phi) is 5.37. The molecule has 3 aliphatic rings. The maximum atomic E-state index is 15.3. The Morgan fingerprint density at radius 1 is 1.37 bits per heavy atom. The highest BCUT2D eigenvalue weighted by Crippen LogP contribution is 2.39. The molecule has 3 aliphatic heterocycles. The maximum absolute atomic E-state index is 15.3. The Morgan fingerprint density at radius 2 is 2.23 bits per heavy atom. The number of halogens is 1. The van der Waals surface area contributed by atoms with E-state index >= 15 is 4.39 Å². The van der Waals surface area contributed by atoms with Crippen LogP contribution in [0.15, 0.2) is 24.3 Å². The molecule has 2 fully saturated rings. The SMILES string of the molecule is Cc1ccc2c(N)c(C(=O)N[C@H]3COc4cc(N5CC6CCC[C@](C)(C5)O6)cc(F)c4C3)sc2n1. The average Bonchev–Trinajstić information content (AvgIpc) is 3.14. The zero-order valence-electron chi connectivity index (χ0n) is 19.9. The molecule has 2 saturated heterocycles. The van der Waals surface area contributed by atoms with Gasteiger partial charge in [-0.1, -0.05) is 0 Å². The van der Waals surface area contributed by atoms with Gasteiger partial charge in [0, 0.05) is 47.9 Å². The van der Waals surface area contributed by atoms with Crippen LogP contribution in [0.4, 0.5) is 15.8 Å². The second kappa shape index (κ2) is 8.34. The number of rotatable bonds is 3. The molecule has 0 spiro atoms. The fourth-order valence-corrected chi connectivity index (χ4v) is 6.63. The molecule has 5 heterocycles. The molecule has 3 N–H and O–H groups in total. The van der Waals surface area contributed by atoms with Gasteiger partial charge in [-0.3, -0.25) is 4.79 Å². The minimum absolute atomic E-state index is 0.183. The number of nitrogen functional groups attached to an aromatic ring is 1. The van der Waals surface area contributed by atoms with Crippen molar-refractivity contribution in [3.05, 3.63) is 46.2 Å². The standard InChI is InChI=1S/C26H29FN4O3S/c1-14-5-6-18-22(28)23(35-25(18)29-14)24(32)30-15-8-19-20(27)9-16(10-21(19)33-12-15)31-11-17-4-3-7-26(2,13-31)34-17/h5-6,9-10,15,17H,3-4,7-8,11-13,28H2,1-2H3,(H,30,32)/t15-,17?,26-/m1/s1. The summed E-state index contributed by atoms with van der Waals surface area (Å²) in [6.07, 6.45) is 3.77. The van der Waals surface area contributed by atoms with Crippen molar-refractivity contribution in [3.8, 4) is 5.75 Å². The summed E-state index contributed by atoms with van der Waals surface area (Å²) in [6, 6.07) is 6.93. The zero-order chi connectivity index (χ0) is 24.3. The van der Waals surface area contributed by atoms with Crippen LogP contribution in [0.5, 0.6) is 5.75 Å². The number of nitrogens with two attached hydrogens (primary N) is 1. The monoisotopic (exact) mass is 496 g/mol. The van der Waals surface area contributed by atoms with Gasteiger partial charge < -0.3 is 25.4 Å². The van der Waals surface area contributed by atoms with Gasteiger partial charge in [0.1, 0.15) is 27.9 Å². The lowest BCUT2D eigenvalue weighted by molar-refractivity contribution is -0.127. The van der Waals surface area contributed by atoms with Crippen LogP contribution in [0.25, 0.3) is 10.2 Å². The first-order chi connectivity index (χ1) is 16.8. The van der Waals surface area contributed by atoms with Gasteiger partial charge in [-0.05, 0) is 51.3 Å². The molecule has 1 aromatic carbocycles. The van der Waals surface area contributed by atoms with Gasteiger partial charge in [-0.15, -0.1) is 11.3 Å². The molecule has 3 aromatic rings. The largest absolute Gasteiger partial charge is 0.491 e. The van der Waals surface area contributed by atoms with Crippen LogP contribution in [0.3, 0.4) is 0 Å². The molecule has 0 radical (unpaired) electrons. The number of carbonyl (C=O) groups is 1. The Bertz CT molecular complexity index is 1330. The van der Waals surface area contributed by atoms with Crippen LogP contribution in [-0.2, 0) is 11.2 Å². The predicted octanol–water partition coefficient (Wildman–Crippen LogP) is 4.21. The Hall–Kier alpha value is -2.91. The Balaban J connectivity index is 1.19. The van der Waals surface area contributed by atoms with E-state index in [-0.39, 0.29) is 36.1 Å².